The summed E-state index contributed by atoms with van der Waals surface area (Å²) >= 11 is 0. The minimum absolute atomic E-state index is 0.345. The topological polar surface area (TPSA) is 45.6 Å². The molecule has 126 valence electrons. The molecule has 0 amide bonds. The van der Waals surface area contributed by atoms with Crippen LogP contribution in [0, 0.1) is 0 Å². The smallest absolute Gasteiger partial charge is 0.130 e. The molecule has 1 saturated heterocycles. The maximum Gasteiger partial charge on any atom is 0.130 e. The number of nitrogens with zero attached hydrogens (tertiary/aromatic N) is 2. The first kappa shape index (κ1) is 15.6. The molecule has 4 nitrogen and oxygen atoms in total. The molecule has 2 fully saturated rings. The van der Waals surface area contributed by atoms with Gasteiger partial charge in [-0.2, -0.15) is 0 Å². The number of aliphatic hydroxyl groups is 1. The van der Waals surface area contributed by atoms with Crippen LogP contribution in [0.3, 0.4) is 0 Å². The molecule has 0 spiro atoms. The van der Waals surface area contributed by atoms with Gasteiger partial charge in [0.05, 0.1) is 11.3 Å². The number of rotatable bonds is 6. The van der Waals surface area contributed by atoms with Gasteiger partial charge >= 0.3 is 0 Å². The lowest BCUT2D eigenvalue weighted by Crippen LogP contribution is -2.40. The second kappa shape index (κ2) is 6.54. The molecule has 24 heavy (non-hydrogen) atoms. The minimum atomic E-state index is -0.401. The Balaban J connectivity index is 1.34. The summed E-state index contributed by atoms with van der Waals surface area (Å²) in [5.41, 5.74) is 1.80. The van der Waals surface area contributed by atoms with Crippen LogP contribution in [-0.2, 0) is 13.2 Å². The second-order valence-corrected chi connectivity index (χ2v) is 6.99. The first-order chi connectivity index (χ1) is 11.7. The molecule has 1 aliphatic heterocycles. The maximum atomic E-state index is 10.4. The molecule has 4 rings (SSSR count). The van der Waals surface area contributed by atoms with E-state index in [1.165, 1.54) is 12.0 Å². The summed E-state index contributed by atoms with van der Waals surface area (Å²) in [4.78, 5) is 6.70. The molecule has 1 atom stereocenters. The average molecular weight is 324 g/mol. The van der Waals surface area contributed by atoms with Crippen LogP contribution in [0.15, 0.2) is 48.7 Å². The van der Waals surface area contributed by atoms with Gasteiger partial charge in [-0.1, -0.05) is 18.2 Å². The van der Waals surface area contributed by atoms with E-state index in [-0.39, 0.29) is 0 Å². The minimum Gasteiger partial charge on any atom is -0.487 e. The van der Waals surface area contributed by atoms with Gasteiger partial charge < -0.3 is 9.84 Å². The predicted octanol–water partition coefficient (Wildman–Crippen LogP) is 3.15. The Morgan fingerprint density at radius 1 is 1.17 bits per heavy atom. The highest BCUT2D eigenvalue weighted by atomic mass is 16.5. The summed E-state index contributed by atoms with van der Waals surface area (Å²) in [6.45, 7) is 2.49. The molecule has 2 aromatic rings. The van der Waals surface area contributed by atoms with Gasteiger partial charge in [0.1, 0.15) is 12.4 Å². The van der Waals surface area contributed by atoms with Gasteiger partial charge in [-0.05, 0) is 62.1 Å². The van der Waals surface area contributed by atoms with E-state index in [0.29, 0.717) is 12.6 Å². The Morgan fingerprint density at radius 3 is 2.71 bits per heavy atom. The zero-order chi connectivity index (χ0) is 16.4. The van der Waals surface area contributed by atoms with Gasteiger partial charge in [0, 0.05) is 18.8 Å². The molecule has 1 saturated carbocycles. The van der Waals surface area contributed by atoms with Crippen molar-refractivity contribution in [3.8, 4) is 5.75 Å². The molecule has 1 unspecified atom stereocenters. The molecule has 2 heterocycles. The van der Waals surface area contributed by atoms with Gasteiger partial charge in [0.25, 0.3) is 0 Å². The third-order valence-electron chi connectivity index (χ3n) is 5.17. The van der Waals surface area contributed by atoms with Crippen LogP contribution >= 0.6 is 0 Å². The SMILES string of the molecule is OC1(C2CCCN2Cc2ccc(OCc3ccccn3)cc2)CC1. The fourth-order valence-corrected chi connectivity index (χ4v) is 3.65. The molecule has 1 aromatic heterocycles. The zero-order valence-corrected chi connectivity index (χ0v) is 13.9. The van der Waals surface area contributed by atoms with Crippen LogP contribution < -0.4 is 4.74 Å². The standard InChI is InChI=1S/C20H24N2O2/c23-20(10-11-20)19-5-3-13-22(19)14-16-6-8-18(9-7-16)24-15-17-4-1-2-12-21-17/h1-2,4,6-9,12,19,23H,3,5,10-11,13-15H2. The number of pyridine rings is 1. The van der Waals surface area contributed by atoms with Gasteiger partial charge in [-0.15, -0.1) is 0 Å². The predicted molar refractivity (Wildman–Crippen MR) is 92.6 cm³/mol. The van der Waals surface area contributed by atoms with E-state index in [0.717, 1.165) is 43.8 Å². The van der Waals surface area contributed by atoms with E-state index in [1.807, 2.05) is 30.3 Å². The molecular formula is C20H24N2O2. The van der Waals surface area contributed by atoms with Crippen LogP contribution in [0.25, 0.3) is 0 Å². The van der Waals surface area contributed by atoms with Gasteiger partial charge in [0.15, 0.2) is 0 Å². The molecule has 1 aromatic carbocycles. The Kier molecular flexibility index (Phi) is 4.25. The fourth-order valence-electron chi connectivity index (χ4n) is 3.65. The Labute approximate surface area is 143 Å². The molecule has 2 aliphatic rings. The third kappa shape index (κ3) is 3.45. The molecular weight excluding hydrogens is 300 g/mol. The van der Waals surface area contributed by atoms with Crippen LogP contribution in [0.1, 0.15) is 36.9 Å². The summed E-state index contributed by atoms with van der Waals surface area (Å²) in [7, 11) is 0. The summed E-state index contributed by atoms with van der Waals surface area (Å²) in [6.07, 6.45) is 6.03. The summed E-state index contributed by atoms with van der Waals surface area (Å²) in [5, 5.41) is 10.4. The number of ether oxygens (including phenoxy) is 1. The number of aromatic nitrogens is 1. The molecule has 0 bridgehead atoms. The monoisotopic (exact) mass is 324 g/mol. The van der Waals surface area contributed by atoms with E-state index in [2.05, 4.69) is 22.0 Å². The van der Waals surface area contributed by atoms with Crippen molar-refractivity contribution in [1.82, 2.24) is 9.88 Å². The van der Waals surface area contributed by atoms with Crippen molar-refractivity contribution in [2.24, 2.45) is 0 Å². The van der Waals surface area contributed by atoms with Crippen LogP contribution in [0.5, 0.6) is 5.75 Å². The summed E-state index contributed by atoms with van der Waals surface area (Å²) < 4.78 is 5.79. The lowest BCUT2D eigenvalue weighted by molar-refractivity contribution is 0.0481. The first-order valence-corrected chi connectivity index (χ1v) is 8.81. The van der Waals surface area contributed by atoms with Crippen LogP contribution in [-0.4, -0.2) is 33.2 Å². The summed E-state index contributed by atoms with van der Waals surface area (Å²) in [6, 6.07) is 14.5. The van der Waals surface area contributed by atoms with Crippen LogP contribution in [0.2, 0.25) is 0 Å². The first-order valence-electron chi connectivity index (χ1n) is 8.81. The van der Waals surface area contributed by atoms with Gasteiger partial charge in [0.2, 0.25) is 0 Å². The van der Waals surface area contributed by atoms with Crippen LogP contribution in [0.4, 0.5) is 0 Å². The third-order valence-corrected chi connectivity index (χ3v) is 5.17. The van der Waals surface area contributed by atoms with E-state index in [1.54, 1.807) is 6.20 Å². The Bertz CT molecular complexity index is 668. The highest BCUT2D eigenvalue weighted by Gasteiger charge is 2.51. The quantitative estimate of drug-likeness (QED) is 0.886. The second-order valence-electron chi connectivity index (χ2n) is 6.99. The number of benzene rings is 1. The van der Waals surface area contributed by atoms with Crippen molar-refractivity contribution in [3.63, 3.8) is 0 Å². The molecule has 1 N–H and O–H groups in total. The largest absolute Gasteiger partial charge is 0.487 e. The Morgan fingerprint density at radius 2 is 2.00 bits per heavy atom. The highest BCUT2D eigenvalue weighted by molar-refractivity contribution is 5.27. The number of likely N-dealkylation sites (tertiary alicyclic amines) is 1. The summed E-state index contributed by atoms with van der Waals surface area (Å²) in [5.74, 6) is 0.864. The normalized spacial score (nSPS) is 22.5. The van der Waals surface area contributed by atoms with Crippen molar-refractivity contribution in [3.05, 3.63) is 59.9 Å². The van der Waals surface area contributed by atoms with E-state index < -0.39 is 5.60 Å². The molecule has 0 radical (unpaired) electrons. The van der Waals surface area contributed by atoms with Crippen molar-refractivity contribution >= 4 is 0 Å². The molecule has 1 aliphatic carbocycles. The van der Waals surface area contributed by atoms with Crippen molar-refractivity contribution in [2.75, 3.05) is 6.54 Å². The van der Waals surface area contributed by atoms with E-state index in [4.69, 9.17) is 4.74 Å². The van der Waals surface area contributed by atoms with Crippen molar-refractivity contribution < 1.29 is 9.84 Å². The number of hydrogen-bond donors (Lipinski definition) is 1. The van der Waals surface area contributed by atoms with Gasteiger partial charge in [-0.3, -0.25) is 9.88 Å². The fraction of sp³-hybridized carbons (Fsp3) is 0.450. The maximum absolute atomic E-state index is 10.4. The van der Waals surface area contributed by atoms with Crippen molar-refractivity contribution in [2.45, 2.75) is 50.5 Å². The Hall–Kier alpha value is -1.91. The lowest BCUT2D eigenvalue weighted by atomic mass is 10.1. The zero-order valence-electron chi connectivity index (χ0n) is 13.9. The molecule has 4 heteroatoms. The highest BCUT2D eigenvalue weighted by Crippen LogP contribution is 2.44. The van der Waals surface area contributed by atoms with E-state index in [9.17, 15) is 5.11 Å². The van der Waals surface area contributed by atoms with Gasteiger partial charge in [-0.25, -0.2) is 0 Å². The van der Waals surface area contributed by atoms with Crippen molar-refractivity contribution in [1.29, 1.82) is 0 Å². The lowest BCUT2D eigenvalue weighted by Gasteiger charge is -2.28. The number of hydrogen-bond acceptors (Lipinski definition) is 4. The van der Waals surface area contributed by atoms with E-state index >= 15 is 0 Å². The average Bonchev–Trinajstić information content (AvgIpc) is 3.18.